The number of hydrogen-bond donors (Lipinski definition) is 0. The van der Waals surface area contributed by atoms with Gasteiger partial charge in [0.2, 0.25) is 0 Å². The Bertz CT molecular complexity index is 947. The molecule has 0 spiro atoms. The summed E-state index contributed by atoms with van der Waals surface area (Å²) in [5.41, 5.74) is 0. The van der Waals surface area contributed by atoms with Crippen LogP contribution in [-0.2, 0) is 28.6 Å². The van der Waals surface area contributed by atoms with Gasteiger partial charge in [0.1, 0.15) is 13.2 Å². The first-order valence-corrected chi connectivity index (χ1v) is 27.7. The molecule has 62 heavy (non-hydrogen) atoms. The SMILES string of the molecule is CCCCCCCCCCCCCC(=O)OC[C@H](COC(=O)CCCCCCCCCCCCCC(C)C)OC(=O)CCCCCCCCCCCCCCCCCCC(C)C. The highest BCUT2D eigenvalue weighted by Gasteiger charge is 2.19. The molecular formula is C56H108O6. The number of unbranched alkanes of at least 4 members (excludes halogenated alkanes) is 35. The topological polar surface area (TPSA) is 78.9 Å². The number of ether oxygens (including phenoxy) is 3. The van der Waals surface area contributed by atoms with Gasteiger partial charge < -0.3 is 14.2 Å². The van der Waals surface area contributed by atoms with Crippen molar-refractivity contribution in [3.8, 4) is 0 Å². The normalized spacial score (nSPS) is 12.0. The van der Waals surface area contributed by atoms with Crippen molar-refractivity contribution in [2.75, 3.05) is 13.2 Å². The van der Waals surface area contributed by atoms with Crippen LogP contribution in [-0.4, -0.2) is 37.2 Å². The first-order chi connectivity index (χ1) is 30.2. The molecule has 0 fully saturated rings. The van der Waals surface area contributed by atoms with Gasteiger partial charge in [-0.25, -0.2) is 0 Å². The molecule has 0 N–H and O–H groups in total. The van der Waals surface area contributed by atoms with Crippen LogP contribution in [0.5, 0.6) is 0 Å². The van der Waals surface area contributed by atoms with Crippen molar-refractivity contribution < 1.29 is 28.6 Å². The summed E-state index contributed by atoms with van der Waals surface area (Å²) in [5, 5.41) is 0. The lowest BCUT2D eigenvalue weighted by molar-refractivity contribution is -0.167. The van der Waals surface area contributed by atoms with E-state index in [0.29, 0.717) is 19.3 Å². The lowest BCUT2D eigenvalue weighted by Crippen LogP contribution is -2.30. The van der Waals surface area contributed by atoms with Gasteiger partial charge in [0.25, 0.3) is 0 Å². The summed E-state index contributed by atoms with van der Waals surface area (Å²) in [6, 6.07) is 0. The van der Waals surface area contributed by atoms with Crippen molar-refractivity contribution in [3.63, 3.8) is 0 Å². The van der Waals surface area contributed by atoms with Crippen molar-refractivity contribution in [3.05, 3.63) is 0 Å². The molecule has 0 aromatic heterocycles. The predicted molar refractivity (Wildman–Crippen MR) is 266 cm³/mol. The van der Waals surface area contributed by atoms with Crippen LogP contribution in [0.25, 0.3) is 0 Å². The van der Waals surface area contributed by atoms with E-state index in [4.69, 9.17) is 14.2 Å². The van der Waals surface area contributed by atoms with E-state index in [2.05, 4.69) is 34.6 Å². The number of esters is 3. The van der Waals surface area contributed by atoms with Crippen molar-refractivity contribution in [1.29, 1.82) is 0 Å². The zero-order valence-electron chi connectivity index (χ0n) is 42.5. The van der Waals surface area contributed by atoms with Gasteiger partial charge in [-0.05, 0) is 31.1 Å². The summed E-state index contributed by atoms with van der Waals surface area (Å²) in [6.07, 6.45) is 50.9. The summed E-state index contributed by atoms with van der Waals surface area (Å²) in [6.45, 7) is 11.4. The maximum Gasteiger partial charge on any atom is 0.306 e. The molecule has 1 atom stereocenters. The van der Waals surface area contributed by atoms with E-state index in [-0.39, 0.29) is 31.1 Å². The molecule has 0 saturated heterocycles. The largest absolute Gasteiger partial charge is 0.462 e. The van der Waals surface area contributed by atoms with Crippen LogP contribution in [0.2, 0.25) is 0 Å². The van der Waals surface area contributed by atoms with Gasteiger partial charge in [-0.15, -0.1) is 0 Å². The van der Waals surface area contributed by atoms with Gasteiger partial charge in [-0.1, -0.05) is 272 Å². The maximum absolute atomic E-state index is 12.8. The number of carbonyl (C=O) groups excluding carboxylic acids is 3. The Labute approximate surface area is 387 Å². The lowest BCUT2D eigenvalue weighted by Gasteiger charge is -2.18. The fourth-order valence-corrected chi connectivity index (χ4v) is 8.52. The fourth-order valence-electron chi connectivity index (χ4n) is 8.52. The average molecular weight is 877 g/mol. The van der Waals surface area contributed by atoms with Crippen LogP contribution in [0.3, 0.4) is 0 Å². The van der Waals surface area contributed by atoms with E-state index in [1.54, 1.807) is 0 Å². The van der Waals surface area contributed by atoms with Crippen LogP contribution < -0.4 is 0 Å². The van der Waals surface area contributed by atoms with Crippen LogP contribution in [0, 0.1) is 11.8 Å². The molecule has 0 aromatic rings. The highest BCUT2D eigenvalue weighted by Crippen LogP contribution is 2.18. The number of hydrogen-bond acceptors (Lipinski definition) is 6. The number of rotatable bonds is 50. The number of carbonyl (C=O) groups is 3. The van der Waals surface area contributed by atoms with E-state index in [0.717, 1.165) is 69.6 Å². The van der Waals surface area contributed by atoms with Crippen molar-refractivity contribution in [1.82, 2.24) is 0 Å². The van der Waals surface area contributed by atoms with Gasteiger partial charge in [0, 0.05) is 19.3 Å². The predicted octanol–water partition coefficient (Wildman–Crippen LogP) is 18.1. The first-order valence-electron chi connectivity index (χ1n) is 27.7. The molecule has 0 unspecified atom stereocenters. The minimum atomic E-state index is -0.762. The Morgan fingerprint density at radius 1 is 0.306 bits per heavy atom. The second-order valence-electron chi connectivity index (χ2n) is 20.2. The zero-order chi connectivity index (χ0) is 45.4. The molecule has 0 aliphatic rings. The molecule has 368 valence electrons. The van der Waals surface area contributed by atoms with Gasteiger partial charge >= 0.3 is 17.9 Å². The third-order valence-electron chi connectivity index (χ3n) is 12.7. The molecule has 6 nitrogen and oxygen atoms in total. The minimum absolute atomic E-state index is 0.0631. The second kappa shape index (κ2) is 48.9. The van der Waals surface area contributed by atoms with Crippen LogP contribution in [0.4, 0.5) is 0 Å². The van der Waals surface area contributed by atoms with E-state index >= 15 is 0 Å². The average Bonchev–Trinajstić information content (AvgIpc) is 3.24. The molecule has 0 aliphatic heterocycles. The van der Waals surface area contributed by atoms with Gasteiger partial charge in [0.05, 0.1) is 0 Å². The molecular weight excluding hydrogens is 769 g/mol. The summed E-state index contributed by atoms with van der Waals surface area (Å²) < 4.78 is 16.8. The Balaban J connectivity index is 4.27. The van der Waals surface area contributed by atoms with Crippen LogP contribution in [0.1, 0.15) is 311 Å². The van der Waals surface area contributed by atoms with E-state index in [1.807, 2.05) is 0 Å². The molecule has 0 aromatic carbocycles. The minimum Gasteiger partial charge on any atom is -0.462 e. The fraction of sp³-hybridized carbons (Fsp3) is 0.946. The van der Waals surface area contributed by atoms with Crippen LogP contribution in [0.15, 0.2) is 0 Å². The highest BCUT2D eigenvalue weighted by molar-refractivity contribution is 5.71. The summed E-state index contributed by atoms with van der Waals surface area (Å²) >= 11 is 0. The first kappa shape index (κ1) is 60.4. The smallest absolute Gasteiger partial charge is 0.306 e. The monoisotopic (exact) mass is 877 g/mol. The molecule has 0 rings (SSSR count). The van der Waals surface area contributed by atoms with Gasteiger partial charge in [-0.3, -0.25) is 14.4 Å². The summed E-state index contributed by atoms with van der Waals surface area (Å²) in [7, 11) is 0. The molecule has 0 saturated carbocycles. The van der Waals surface area contributed by atoms with Gasteiger partial charge in [0.15, 0.2) is 6.10 Å². The Morgan fingerprint density at radius 3 is 0.790 bits per heavy atom. The maximum atomic E-state index is 12.8. The van der Waals surface area contributed by atoms with Gasteiger partial charge in [-0.2, -0.15) is 0 Å². The molecule has 0 radical (unpaired) electrons. The molecule has 0 bridgehead atoms. The summed E-state index contributed by atoms with van der Waals surface area (Å²) in [5.74, 6) is 0.835. The lowest BCUT2D eigenvalue weighted by atomic mass is 10.0. The van der Waals surface area contributed by atoms with Crippen molar-refractivity contribution in [2.24, 2.45) is 11.8 Å². The summed E-state index contributed by atoms with van der Waals surface area (Å²) in [4.78, 5) is 38.0. The standard InChI is InChI=1S/C56H108O6/c1-6-7-8-9-10-11-19-26-31-36-41-46-54(57)60-49-53(50-61-55(58)47-42-37-32-27-23-18-21-25-30-35-40-45-52(4)5)62-56(59)48-43-38-33-28-22-17-15-13-12-14-16-20-24-29-34-39-44-51(2)3/h51-53H,6-50H2,1-5H3/t53-/m1/s1. The van der Waals surface area contributed by atoms with E-state index in [9.17, 15) is 14.4 Å². The molecule has 0 amide bonds. The third-order valence-corrected chi connectivity index (χ3v) is 12.7. The molecule has 0 aliphatic carbocycles. The zero-order valence-corrected chi connectivity index (χ0v) is 42.5. The van der Waals surface area contributed by atoms with Crippen molar-refractivity contribution >= 4 is 17.9 Å². The van der Waals surface area contributed by atoms with Crippen molar-refractivity contribution in [2.45, 2.75) is 317 Å². The van der Waals surface area contributed by atoms with E-state index < -0.39 is 6.10 Å². The molecule has 0 heterocycles. The highest BCUT2D eigenvalue weighted by atomic mass is 16.6. The second-order valence-corrected chi connectivity index (χ2v) is 20.2. The Hall–Kier alpha value is -1.59. The van der Waals surface area contributed by atoms with Crippen LogP contribution >= 0.6 is 0 Å². The molecule has 6 heteroatoms. The van der Waals surface area contributed by atoms with E-state index in [1.165, 1.54) is 199 Å². The quantitative estimate of drug-likeness (QED) is 0.0344. The third kappa shape index (κ3) is 49.4. The Kier molecular flexibility index (Phi) is 47.6. The Morgan fingerprint density at radius 2 is 0.532 bits per heavy atom.